The highest BCUT2D eigenvalue weighted by Crippen LogP contribution is 2.21. The quantitative estimate of drug-likeness (QED) is 0.910. The van der Waals surface area contributed by atoms with Crippen molar-refractivity contribution in [2.24, 2.45) is 0 Å². The molecule has 1 fully saturated rings. The second-order valence-corrected chi connectivity index (χ2v) is 8.20. The summed E-state index contributed by atoms with van der Waals surface area (Å²) in [5.74, 6) is -0.165. The lowest BCUT2D eigenvalue weighted by Gasteiger charge is -2.13. The number of carbonyl (C=O) groups excluding carboxylic acids is 1. The van der Waals surface area contributed by atoms with E-state index in [1.54, 1.807) is 31.2 Å². The maximum absolute atomic E-state index is 12.4. The molecule has 7 heteroatoms. The third kappa shape index (κ3) is 3.08. The largest absolute Gasteiger partial charge is 0.348 e. The summed E-state index contributed by atoms with van der Waals surface area (Å²) in [6, 6.07) is 6.71. The van der Waals surface area contributed by atoms with Gasteiger partial charge in [0.15, 0.2) is 9.84 Å². The minimum absolute atomic E-state index is 0.00459. The minimum atomic E-state index is -3.02. The third-order valence-corrected chi connectivity index (χ3v) is 5.78. The van der Waals surface area contributed by atoms with E-state index < -0.39 is 9.84 Å². The summed E-state index contributed by atoms with van der Waals surface area (Å²) < 4.78 is 22.9. The maximum atomic E-state index is 12.4. The number of sulfone groups is 1. The Morgan fingerprint density at radius 2 is 2.14 bits per heavy atom. The first-order chi connectivity index (χ1) is 10.3. The van der Waals surface area contributed by atoms with Crippen LogP contribution in [0.1, 0.15) is 22.5 Å². The van der Waals surface area contributed by atoms with Gasteiger partial charge in [0.25, 0.3) is 5.91 Å². The van der Waals surface area contributed by atoms with Gasteiger partial charge in [-0.15, -0.1) is 0 Å². The van der Waals surface area contributed by atoms with Crippen LogP contribution in [0.3, 0.4) is 0 Å². The first-order valence-electron chi connectivity index (χ1n) is 6.92. The highest BCUT2D eigenvalue weighted by molar-refractivity contribution is 7.91. The molecule has 116 valence electrons. The smallest absolute Gasteiger partial charge is 0.253 e. The van der Waals surface area contributed by atoms with Crippen molar-refractivity contribution in [3.63, 3.8) is 0 Å². The third-order valence-electron chi connectivity index (χ3n) is 3.78. The summed E-state index contributed by atoms with van der Waals surface area (Å²) in [7, 11) is -3.02. The molecule has 0 unspecified atom stereocenters. The van der Waals surface area contributed by atoms with Crippen molar-refractivity contribution in [2.45, 2.75) is 19.4 Å². The van der Waals surface area contributed by atoms with E-state index >= 15 is 0 Å². The van der Waals surface area contributed by atoms with Crippen LogP contribution in [0.15, 0.2) is 24.3 Å². The van der Waals surface area contributed by atoms with Crippen molar-refractivity contribution < 1.29 is 13.2 Å². The number of aryl methyl sites for hydroxylation is 1. The number of carbonyl (C=O) groups is 1. The van der Waals surface area contributed by atoms with Crippen molar-refractivity contribution in [3.8, 4) is 0 Å². The summed E-state index contributed by atoms with van der Waals surface area (Å²) in [6.45, 7) is 1.76. The van der Waals surface area contributed by atoms with Gasteiger partial charge in [-0.05, 0) is 37.6 Å². The van der Waals surface area contributed by atoms with Gasteiger partial charge in [-0.25, -0.2) is 8.42 Å². The molecule has 1 atom stereocenters. The van der Waals surface area contributed by atoms with Crippen LogP contribution in [0, 0.1) is 6.92 Å². The average molecular weight is 339 g/mol. The van der Waals surface area contributed by atoms with Crippen LogP contribution in [0.4, 0.5) is 0 Å². The van der Waals surface area contributed by atoms with Crippen LogP contribution in [-0.4, -0.2) is 36.9 Å². The zero-order valence-corrected chi connectivity index (χ0v) is 13.5. The van der Waals surface area contributed by atoms with E-state index in [1.165, 1.54) is 0 Å². The predicted octanol–water partition coefficient (Wildman–Crippen LogP) is 2.11. The van der Waals surface area contributed by atoms with Gasteiger partial charge in [-0.3, -0.25) is 9.78 Å². The minimum Gasteiger partial charge on any atom is -0.348 e. The molecule has 2 aromatic rings. The highest BCUT2D eigenvalue weighted by atomic mass is 35.5. The molecule has 1 amide bonds. The van der Waals surface area contributed by atoms with E-state index in [9.17, 15) is 13.2 Å². The molecule has 22 heavy (non-hydrogen) atoms. The number of halogens is 1. The zero-order chi connectivity index (χ0) is 15.9. The molecule has 0 aliphatic carbocycles. The molecule has 1 aromatic heterocycles. The fourth-order valence-electron chi connectivity index (χ4n) is 2.65. The standard InChI is InChI=1S/C15H15ClN2O3S/c1-9-13(7-10-6-11(16)2-3-14(10)17-9)15(19)18-12-4-5-22(20,21)8-12/h2-3,6-7,12H,4-5,8H2,1H3,(H,18,19)/t12-/m0/s1. The summed E-state index contributed by atoms with van der Waals surface area (Å²) in [6.07, 6.45) is 0.458. The van der Waals surface area contributed by atoms with Gasteiger partial charge >= 0.3 is 0 Å². The molecule has 3 rings (SSSR count). The molecular weight excluding hydrogens is 324 g/mol. The van der Waals surface area contributed by atoms with Gasteiger partial charge in [0.1, 0.15) is 0 Å². The fraction of sp³-hybridized carbons (Fsp3) is 0.333. The molecule has 1 aliphatic rings. The number of hydrogen-bond acceptors (Lipinski definition) is 4. The molecule has 0 bridgehead atoms. The van der Waals surface area contributed by atoms with Crippen LogP contribution < -0.4 is 5.32 Å². The number of pyridine rings is 1. The van der Waals surface area contributed by atoms with Crippen molar-refractivity contribution in [3.05, 3.63) is 40.5 Å². The van der Waals surface area contributed by atoms with E-state index in [0.717, 1.165) is 10.9 Å². The molecule has 5 nitrogen and oxygen atoms in total. The van der Waals surface area contributed by atoms with Gasteiger partial charge in [0.05, 0.1) is 28.3 Å². The Bertz CT molecular complexity index is 864. The van der Waals surface area contributed by atoms with E-state index in [-0.39, 0.29) is 23.5 Å². The van der Waals surface area contributed by atoms with E-state index in [2.05, 4.69) is 10.3 Å². The molecule has 0 saturated carbocycles. The van der Waals surface area contributed by atoms with Crippen molar-refractivity contribution in [1.82, 2.24) is 10.3 Å². The highest BCUT2D eigenvalue weighted by Gasteiger charge is 2.29. The molecule has 1 N–H and O–H groups in total. The lowest BCUT2D eigenvalue weighted by atomic mass is 10.1. The maximum Gasteiger partial charge on any atom is 0.253 e. The Morgan fingerprint density at radius 1 is 1.36 bits per heavy atom. The number of rotatable bonds is 2. The summed E-state index contributed by atoms with van der Waals surface area (Å²) >= 11 is 5.96. The molecule has 0 spiro atoms. The summed E-state index contributed by atoms with van der Waals surface area (Å²) in [4.78, 5) is 16.8. The molecule has 2 heterocycles. The lowest BCUT2D eigenvalue weighted by Crippen LogP contribution is -2.36. The van der Waals surface area contributed by atoms with Crippen LogP contribution in [0.5, 0.6) is 0 Å². The van der Waals surface area contributed by atoms with Gasteiger partial charge in [-0.2, -0.15) is 0 Å². The lowest BCUT2D eigenvalue weighted by molar-refractivity contribution is 0.0940. The van der Waals surface area contributed by atoms with Crippen LogP contribution in [0.25, 0.3) is 10.9 Å². The number of aromatic nitrogens is 1. The summed E-state index contributed by atoms with van der Waals surface area (Å²) in [5, 5.41) is 4.14. The SMILES string of the molecule is Cc1nc2ccc(Cl)cc2cc1C(=O)N[C@H]1CCS(=O)(=O)C1. The Balaban J connectivity index is 1.89. The summed E-state index contributed by atoms with van der Waals surface area (Å²) in [5.41, 5.74) is 1.81. The Labute approximate surface area is 133 Å². The van der Waals surface area contributed by atoms with Crippen LogP contribution in [-0.2, 0) is 9.84 Å². The molecule has 0 radical (unpaired) electrons. The van der Waals surface area contributed by atoms with Gasteiger partial charge in [0.2, 0.25) is 0 Å². The number of amides is 1. The van der Waals surface area contributed by atoms with E-state index in [4.69, 9.17) is 11.6 Å². The molecule has 1 aliphatic heterocycles. The number of hydrogen-bond donors (Lipinski definition) is 1. The van der Waals surface area contributed by atoms with E-state index in [0.29, 0.717) is 22.7 Å². The molecular formula is C15H15ClN2O3S. The monoisotopic (exact) mass is 338 g/mol. The van der Waals surface area contributed by atoms with Crippen molar-refractivity contribution in [1.29, 1.82) is 0 Å². The normalized spacial score (nSPS) is 20.2. The van der Waals surface area contributed by atoms with Crippen molar-refractivity contribution in [2.75, 3.05) is 11.5 Å². The van der Waals surface area contributed by atoms with Gasteiger partial charge < -0.3 is 5.32 Å². The number of benzene rings is 1. The second-order valence-electron chi connectivity index (χ2n) is 5.53. The van der Waals surface area contributed by atoms with Crippen LogP contribution in [0.2, 0.25) is 5.02 Å². The first-order valence-corrected chi connectivity index (χ1v) is 9.12. The number of nitrogens with one attached hydrogen (secondary N) is 1. The van der Waals surface area contributed by atoms with Crippen molar-refractivity contribution >= 4 is 38.2 Å². The molecule has 1 aromatic carbocycles. The van der Waals surface area contributed by atoms with Gasteiger partial charge in [-0.1, -0.05) is 11.6 Å². The number of nitrogens with zero attached hydrogens (tertiary/aromatic N) is 1. The Kier molecular flexibility index (Phi) is 3.82. The van der Waals surface area contributed by atoms with Gasteiger partial charge in [0, 0.05) is 16.5 Å². The fourth-order valence-corrected chi connectivity index (χ4v) is 4.50. The van der Waals surface area contributed by atoms with E-state index in [1.807, 2.05) is 0 Å². The Morgan fingerprint density at radius 3 is 2.82 bits per heavy atom. The second kappa shape index (κ2) is 5.52. The zero-order valence-electron chi connectivity index (χ0n) is 12.0. The first kappa shape index (κ1) is 15.2. The topological polar surface area (TPSA) is 76.1 Å². The molecule has 1 saturated heterocycles. The van der Waals surface area contributed by atoms with Crippen LogP contribution >= 0.6 is 11.6 Å². The average Bonchev–Trinajstić information content (AvgIpc) is 2.77. The Hall–Kier alpha value is -1.66. The number of fused-ring (bicyclic) bond motifs is 1. The predicted molar refractivity (Wildman–Crippen MR) is 86.0 cm³/mol.